The van der Waals surface area contributed by atoms with E-state index in [0.29, 0.717) is 12.4 Å². The number of ether oxygens (including phenoxy) is 1. The fourth-order valence-electron chi connectivity index (χ4n) is 2.07. The SMILES string of the molecule is CCCCCCCCOc1cc(F)ccc1[C@H](C)N. The third kappa shape index (κ3) is 6.06. The molecule has 0 fully saturated rings. The van der Waals surface area contributed by atoms with Crippen molar-refractivity contribution in [3.8, 4) is 5.75 Å². The Hall–Kier alpha value is -1.09. The van der Waals surface area contributed by atoms with Gasteiger partial charge in [0.2, 0.25) is 0 Å². The molecule has 1 aromatic rings. The molecule has 3 heteroatoms. The van der Waals surface area contributed by atoms with Gasteiger partial charge in [0.15, 0.2) is 0 Å². The Balaban J connectivity index is 2.34. The molecule has 0 bridgehead atoms. The van der Waals surface area contributed by atoms with Crippen LogP contribution in [0, 0.1) is 5.82 Å². The van der Waals surface area contributed by atoms with E-state index in [9.17, 15) is 4.39 Å². The van der Waals surface area contributed by atoms with Crippen LogP contribution in [0.5, 0.6) is 5.75 Å². The predicted octanol–water partition coefficient (Wildman–Crippen LogP) is 4.58. The van der Waals surface area contributed by atoms with Crippen LogP contribution in [0.1, 0.15) is 64.0 Å². The lowest BCUT2D eigenvalue weighted by molar-refractivity contribution is 0.298. The van der Waals surface area contributed by atoms with E-state index < -0.39 is 0 Å². The zero-order valence-electron chi connectivity index (χ0n) is 12.1. The lowest BCUT2D eigenvalue weighted by atomic mass is 10.1. The zero-order chi connectivity index (χ0) is 14.1. The normalized spacial score (nSPS) is 12.4. The van der Waals surface area contributed by atoms with Crippen molar-refractivity contribution in [2.45, 2.75) is 58.4 Å². The van der Waals surface area contributed by atoms with Gasteiger partial charge in [-0.1, -0.05) is 45.1 Å². The fourth-order valence-corrected chi connectivity index (χ4v) is 2.07. The summed E-state index contributed by atoms with van der Waals surface area (Å²) in [4.78, 5) is 0. The maximum atomic E-state index is 13.2. The minimum Gasteiger partial charge on any atom is -0.493 e. The Morgan fingerprint density at radius 2 is 1.84 bits per heavy atom. The number of unbranched alkanes of at least 4 members (excludes halogenated alkanes) is 5. The van der Waals surface area contributed by atoms with Crippen LogP contribution in [-0.2, 0) is 0 Å². The van der Waals surface area contributed by atoms with Crippen LogP contribution in [0.4, 0.5) is 4.39 Å². The molecule has 0 saturated carbocycles. The first kappa shape index (κ1) is 16.0. The van der Waals surface area contributed by atoms with Gasteiger partial charge < -0.3 is 10.5 Å². The second kappa shape index (κ2) is 8.92. The lowest BCUT2D eigenvalue weighted by Gasteiger charge is -2.14. The molecule has 2 N–H and O–H groups in total. The van der Waals surface area contributed by atoms with Gasteiger partial charge in [0.05, 0.1) is 6.61 Å². The minimum absolute atomic E-state index is 0.139. The molecular formula is C16H26FNO. The van der Waals surface area contributed by atoms with E-state index in [1.807, 2.05) is 6.92 Å². The average molecular weight is 267 g/mol. The molecule has 0 heterocycles. The molecule has 0 aliphatic heterocycles. The van der Waals surface area contributed by atoms with Gasteiger partial charge >= 0.3 is 0 Å². The van der Waals surface area contributed by atoms with E-state index in [-0.39, 0.29) is 11.9 Å². The van der Waals surface area contributed by atoms with Gasteiger partial charge in [0, 0.05) is 17.7 Å². The highest BCUT2D eigenvalue weighted by molar-refractivity contribution is 5.36. The molecule has 0 unspecified atom stereocenters. The molecule has 0 aliphatic carbocycles. The highest BCUT2D eigenvalue weighted by Crippen LogP contribution is 2.25. The van der Waals surface area contributed by atoms with Gasteiger partial charge in [0.1, 0.15) is 11.6 Å². The molecule has 2 nitrogen and oxygen atoms in total. The van der Waals surface area contributed by atoms with Gasteiger partial charge in [-0.25, -0.2) is 4.39 Å². The second-order valence-corrected chi connectivity index (χ2v) is 5.09. The van der Waals surface area contributed by atoms with Crippen molar-refractivity contribution < 1.29 is 9.13 Å². The molecule has 1 aromatic carbocycles. The van der Waals surface area contributed by atoms with Crippen molar-refractivity contribution in [2.24, 2.45) is 5.73 Å². The minimum atomic E-state index is -0.276. The van der Waals surface area contributed by atoms with Gasteiger partial charge in [-0.2, -0.15) is 0 Å². The van der Waals surface area contributed by atoms with Crippen molar-refractivity contribution in [1.29, 1.82) is 0 Å². The number of hydrogen-bond donors (Lipinski definition) is 1. The smallest absolute Gasteiger partial charge is 0.126 e. The highest BCUT2D eigenvalue weighted by Gasteiger charge is 2.09. The maximum Gasteiger partial charge on any atom is 0.126 e. The van der Waals surface area contributed by atoms with Crippen molar-refractivity contribution in [1.82, 2.24) is 0 Å². The summed E-state index contributed by atoms with van der Waals surface area (Å²) < 4.78 is 18.9. The van der Waals surface area contributed by atoms with E-state index in [4.69, 9.17) is 10.5 Å². The summed E-state index contributed by atoms with van der Waals surface area (Å²) in [5.74, 6) is 0.311. The van der Waals surface area contributed by atoms with Crippen LogP contribution in [0.2, 0.25) is 0 Å². The van der Waals surface area contributed by atoms with E-state index in [2.05, 4.69) is 6.92 Å². The summed E-state index contributed by atoms with van der Waals surface area (Å²) >= 11 is 0. The van der Waals surface area contributed by atoms with E-state index in [0.717, 1.165) is 12.0 Å². The molecule has 0 amide bonds. The van der Waals surface area contributed by atoms with Crippen molar-refractivity contribution in [3.05, 3.63) is 29.6 Å². The number of benzene rings is 1. The maximum absolute atomic E-state index is 13.2. The summed E-state index contributed by atoms with van der Waals surface area (Å²) in [7, 11) is 0. The van der Waals surface area contributed by atoms with Crippen LogP contribution in [0.3, 0.4) is 0 Å². The average Bonchev–Trinajstić information content (AvgIpc) is 2.37. The first-order chi connectivity index (χ1) is 9.15. The third-order valence-electron chi connectivity index (χ3n) is 3.22. The van der Waals surface area contributed by atoms with E-state index >= 15 is 0 Å². The Labute approximate surface area is 116 Å². The molecule has 19 heavy (non-hydrogen) atoms. The Bertz CT molecular complexity index is 366. The summed E-state index contributed by atoms with van der Waals surface area (Å²) in [5.41, 5.74) is 6.72. The van der Waals surface area contributed by atoms with Crippen LogP contribution in [0.25, 0.3) is 0 Å². The van der Waals surface area contributed by atoms with Crippen LogP contribution >= 0.6 is 0 Å². The fraction of sp³-hybridized carbons (Fsp3) is 0.625. The molecule has 108 valence electrons. The number of halogens is 1. The molecule has 0 saturated heterocycles. The van der Waals surface area contributed by atoms with Crippen LogP contribution in [-0.4, -0.2) is 6.61 Å². The number of hydrogen-bond acceptors (Lipinski definition) is 2. The standard InChI is InChI=1S/C16H26FNO/c1-3-4-5-6-7-8-11-19-16-12-14(17)9-10-15(16)13(2)18/h9-10,12-13H,3-8,11,18H2,1-2H3/t13-/m0/s1. The van der Waals surface area contributed by atoms with Crippen LogP contribution in [0.15, 0.2) is 18.2 Å². The van der Waals surface area contributed by atoms with Gasteiger partial charge in [-0.15, -0.1) is 0 Å². The third-order valence-corrected chi connectivity index (χ3v) is 3.22. The number of rotatable bonds is 9. The van der Waals surface area contributed by atoms with Crippen LogP contribution < -0.4 is 10.5 Å². The van der Waals surface area contributed by atoms with Crippen molar-refractivity contribution >= 4 is 0 Å². The molecule has 0 aliphatic rings. The molecule has 0 radical (unpaired) electrons. The van der Waals surface area contributed by atoms with Gasteiger partial charge in [0.25, 0.3) is 0 Å². The summed E-state index contributed by atoms with van der Waals surface area (Å²) in [6, 6.07) is 4.42. The van der Waals surface area contributed by atoms with Gasteiger partial charge in [-0.05, 0) is 19.4 Å². The van der Waals surface area contributed by atoms with Crippen molar-refractivity contribution in [2.75, 3.05) is 6.61 Å². The first-order valence-electron chi connectivity index (χ1n) is 7.33. The monoisotopic (exact) mass is 267 g/mol. The predicted molar refractivity (Wildman–Crippen MR) is 77.9 cm³/mol. The van der Waals surface area contributed by atoms with Crippen molar-refractivity contribution in [3.63, 3.8) is 0 Å². The quantitative estimate of drug-likeness (QED) is 0.664. The molecule has 1 atom stereocenters. The molecule has 0 spiro atoms. The summed E-state index contributed by atoms with van der Waals surface area (Å²) in [6.07, 6.45) is 7.29. The first-order valence-corrected chi connectivity index (χ1v) is 7.33. The molecular weight excluding hydrogens is 241 g/mol. The lowest BCUT2D eigenvalue weighted by Crippen LogP contribution is -2.09. The number of nitrogens with two attached hydrogens (primary N) is 1. The van der Waals surface area contributed by atoms with Gasteiger partial charge in [-0.3, -0.25) is 0 Å². The van der Waals surface area contributed by atoms with E-state index in [1.165, 1.54) is 44.2 Å². The molecule has 1 rings (SSSR count). The second-order valence-electron chi connectivity index (χ2n) is 5.09. The topological polar surface area (TPSA) is 35.2 Å². The summed E-state index contributed by atoms with van der Waals surface area (Å²) in [6.45, 7) is 4.72. The largest absolute Gasteiger partial charge is 0.493 e. The molecule has 0 aromatic heterocycles. The Kier molecular flexibility index (Phi) is 7.49. The Morgan fingerprint density at radius 1 is 1.16 bits per heavy atom. The van der Waals surface area contributed by atoms with E-state index in [1.54, 1.807) is 6.07 Å². The Morgan fingerprint density at radius 3 is 2.53 bits per heavy atom. The zero-order valence-corrected chi connectivity index (χ0v) is 12.1. The summed E-state index contributed by atoms with van der Waals surface area (Å²) in [5, 5.41) is 0. The highest BCUT2D eigenvalue weighted by atomic mass is 19.1.